The van der Waals surface area contributed by atoms with Crippen molar-refractivity contribution >= 4 is 11.6 Å². The lowest BCUT2D eigenvalue weighted by Crippen LogP contribution is -2.16. The molecule has 3 aromatic carbocycles. The normalized spacial score (nSPS) is 10.8. The molecule has 0 heterocycles. The first-order chi connectivity index (χ1) is 13.3. The molecule has 0 fully saturated rings. The number of carbonyl (C=O) groups is 1. The minimum Gasteiger partial charge on any atom is -0.392 e. The van der Waals surface area contributed by atoms with E-state index in [0.717, 1.165) is 16.7 Å². The first kappa shape index (κ1) is 19.5. The van der Waals surface area contributed by atoms with Crippen molar-refractivity contribution in [1.82, 2.24) is 0 Å². The van der Waals surface area contributed by atoms with E-state index in [1.54, 1.807) is 41.7 Å². The summed E-state index contributed by atoms with van der Waals surface area (Å²) >= 11 is 0. The quantitative estimate of drug-likeness (QED) is 0.380. The zero-order chi connectivity index (χ0) is 20.4. The number of aliphatic hydroxyl groups is 1. The van der Waals surface area contributed by atoms with Gasteiger partial charge in [0.1, 0.15) is 5.69 Å². The number of anilines is 1. The van der Waals surface area contributed by atoms with Gasteiger partial charge in [-0.3, -0.25) is 4.79 Å². The number of halogens is 5. The van der Waals surface area contributed by atoms with E-state index in [1.165, 1.54) is 12.1 Å². The second-order valence-corrected chi connectivity index (χ2v) is 5.83. The van der Waals surface area contributed by atoms with Gasteiger partial charge in [0.2, 0.25) is 5.82 Å². The molecule has 0 aromatic heterocycles. The first-order valence-electron chi connectivity index (χ1n) is 7.96. The van der Waals surface area contributed by atoms with Crippen LogP contribution in [0.4, 0.5) is 27.6 Å². The predicted molar refractivity (Wildman–Crippen MR) is 92.0 cm³/mol. The van der Waals surface area contributed by atoms with Crippen LogP contribution in [0.3, 0.4) is 0 Å². The molecule has 8 heteroatoms. The fourth-order valence-corrected chi connectivity index (χ4v) is 2.52. The Balaban J connectivity index is 1.84. The van der Waals surface area contributed by atoms with E-state index < -0.39 is 40.7 Å². The van der Waals surface area contributed by atoms with Crippen LogP contribution in [-0.2, 0) is 6.61 Å². The summed E-state index contributed by atoms with van der Waals surface area (Å²) in [6, 6.07) is 12.8. The SMILES string of the molecule is O=C(Nc1c(F)c(F)c(F)c(F)c1F)c1ccc(-c2ccc(CO)cc2)cc1. The first-order valence-corrected chi connectivity index (χ1v) is 7.96. The monoisotopic (exact) mass is 393 g/mol. The van der Waals surface area contributed by atoms with Crippen molar-refractivity contribution in [3.05, 3.63) is 88.7 Å². The summed E-state index contributed by atoms with van der Waals surface area (Å²) in [6.45, 7) is -0.100. The molecule has 0 aliphatic carbocycles. The third-order valence-electron chi connectivity index (χ3n) is 4.07. The summed E-state index contributed by atoms with van der Waals surface area (Å²) in [6.07, 6.45) is 0. The molecular formula is C20H12F5NO2. The van der Waals surface area contributed by atoms with Crippen LogP contribution in [0.15, 0.2) is 48.5 Å². The smallest absolute Gasteiger partial charge is 0.255 e. The van der Waals surface area contributed by atoms with E-state index in [0.29, 0.717) is 0 Å². The summed E-state index contributed by atoms with van der Waals surface area (Å²) < 4.78 is 66.8. The summed E-state index contributed by atoms with van der Waals surface area (Å²) in [4.78, 5) is 12.1. The van der Waals surface area contributed by atoms with E-state index in [1.807, 2.05) is 0 Å². The van der Waals surface area contributed by atoms with Crippen LogP contribution >= 0.6 is 0 Å². The lowest BCUT2D eigenvalue weighted by atomic mass is 10.0. The highest BCUT2D eigenvalue weighted by Gasteiger charge is 2.27. The Morgan fingerprint density at radius 1 is 0.714 bits per heavy atom. The number of benzene rings is 3. The number of carbonyl (C=O) groups excluding carboxylic acids is 1. The summed E-state index contributed by atoms with van der Waals surface area (Å²) in [5.41, 5.74) is 0.786. The second kappa shape index (κ2) is 7.77. The fraction of sp³-hybridized carbons (Fsp3) is 0.0500. The Morgan fingerprint density at radius 3 is 1.61 bits per heavy atom. The minimum atomic E-state index is -2.30. The highest BCUT2D eigenvalue weighted by Crippen LogP contribution is 2.28. The average molecular weight is 393 g/mol. The van der Waals surface area contributed by atoms with Gasteiger partial charge in [0.15, 0.2) is 23.3 Å². The molecule has 144 valence electrons. The number of aliphatic hydroxyl groups excluding tert-OH is 1. The van der Waals surface area contributed by atoms with Crippen molar-refractivity contribution in [2.45, 2.75) is 6.61 Å². The molecule has 0 atom stereocenters. The number of hydrogen-bond acceptors (Lipinski definition) is 2. The van der Waals surface area contributed by atoms with Crippen molar-refractivity contribution in [2.75, 3.05) is 5.32 Å². The molecule has 0 bridgehead atoms. The highest BCUT2D eigenvalue weighted by atomic mass is 19.2. The van der Waals surface area contributed by atoms with E-state index in [9.17, 15) is 26.7 Å². The molecule has 3 aromatic rings. The van der Waals surface area contributed by atoms with E-state index >= 15 is 0 Å². The molecular weight excluding hydrogens is 381 g/mol. The lowest BCUT2D eigenvalue weighted by molar-refractivity contribution is 0.102. The maximum atomic E-state index is 13.7. The molecule has 3 rings (SSSR count). The maximum Gasteiger partial charge on any atom is 0.255 e. The average Bonchev–Trinajstić information content (AvgIpc) is 2.74. The van der Waals surface area contributed by atoms with Gasteiger partial charge in [0, 0.05) is 5.56 Å². The number of hydrogen-bond donors (Lipinski definition) is 2. The van der Waals surface area contributed by atoms with E-state index in [-0.39, 0.29) is 12.2 Å². The lowest BCUT2D eigenvalue weighted by Gasteiger charge is -2.10. The third-order valence-corrected chi connectivity index (χ3v) is 4.07. The van der Waals surface area contributed by atoms with Crippen LogP contribution in [0.1, 0.15) is 15.9 Å². The zero-order valence-corrected chi connectivity index (χ0v) is 14.1. The van der Waals surface area contributed by atoms with Crippen LogP contribution in [-0.4, -0.2) is 11.0 Å². The van der Waals surface area contributed by atoms with Crippen molar-refractivity contribution in [3.63, 3.8) is 0 Å². The molecule has 0 radical (unpaired) electrons. The Bertz CT molecular complexity index is 1000. The third kappa shape index (κ3) is 3.59. The fourth-order valence-electron chi connectivity index (χ4n) is 2.52. The summed E-state index contributed by atoms with van der Waals surface area (Å²) in [5.74, 6) is -11.9. The summed E-state index contributed by atoms with van der Waals surface area (Å²) in [5, 5.41) is 10.8. The molecule has 3 nitrogen and oxygen atoms in total. The molecule has 1 amide bonds. The Morgan fingerprint density at radius 2 is 1.14 bits per heavy atom. The molecule has 0 saturated heterocycles. The molecule has 0 saturated carbocycles. The Labute approximate surface area is 156 Å². The Hall–Kier alpha value is -3.26. The van der Waals surface area contributed by atoms with Gasteiger partial charge in [-0.1, -0.05) is 36.4 Å². The molecule has 28 heavy (non-hydrogen) atoms. The van der Waals surface area contributed by atoms with Gasteiger partial charge in [-0.25, -0.2) is 22.0 Å². The van der Waals surface area contributed by atoms with Crippen molar-refractivity contribution in [2.24, 2.45) is 0 Å². The Kier molecular flexibility index (Phi) is 5.41. The molecule has 0 aliphatic heterocycles. The standard InChI is InChI=1S/C20H12F5NO2/c21-14-15(22)17(24)19(18(25)16(14)23)26-20(28)13-7-5-12(6-8-13)11-3-1-10(9-27)2-4-11/h1-8,27H,9H2,(H,26,28). The van der Waals surface area contributed by atoms with Gasteiger partial charge < -0.3 is 10.4 Å². The van der Waals surface area contributed by atoms with Gasteiger partial charge in [-0.05, 0) is 28.8 Å². The predicted octanol–water partition coefficient (Wildman–Crippen LogP) is 4.79. The molecule has 0 unspecified atom stereocenters. The van der Waals surface area contributed by atoms with Gasteiger partial charge >= 0.3 is 0 Å². The van der Waals surface area contributed by atoms with Crippen LogP contribution in [0.2, 0.25) is 0 Å². The van der Waals surface area contributed by atoms with E-state index in [4.69, 9.17) is 5.11 Å². The minimum absolute atomic E-state index is 0.0420. The highest BCUT2D eigenvalue weighted by molar-refractivity contribution is 6.04. The van der Waals surface area contributed by atoms with Crippen LogP contribution in [0, 0.1) is 29.1 Å². The zero-order valence-electron chi connectivity index (χ0n) is 14.1. The van der Waals surface area contributed by atoms with E-state index in [2.05, 4.69) is 0 Å². The van der Waals surface area contributed by atoms with Crippen LogP contribution in [0.25, 0.3) is 11.1 Å². The van der Waals surface area contributed by atoms with Crippen LogP contribution < -0.4 is 5.32 Å². The number of rotatable bonds is 4. The maximum absolute atomic E-state index is 13.7. The molecule has 2 N–H and O–H groups in total. The van der Waals surface area contributed by atoms with Gasteiger partial charge in [0.05, 0.1) is 6.61 Å². The number of amides is 1. The van der Waals surface area contributed by atoms with Crippen LogP contribution in [0.5, 0.6) is 0 Å². The van der Waals surface area contributed by atoms with Crippen molar-refractivity contribution < 1.29 is 31.9 Å². The van der Waals surface area contributed by atoms with Crippen molar-refractivity contribution in [3.8, 4) is 11.1 Å². The topological polar surface area (TPSA) is 49.3 Å². The van der Waals surface area contributed by atoms with Gasteiger partial charge in [-0.2, -0.15) is 0 Å². The molecule has 0 spiro atoms. The van der Waals surface area contributed by atoms with Crippen molar-refractivity contribution in [1.29, 1.82) is 0 Å². The van der Waals surface area contributed by atoms with Gasteiger partial charge in [-0.15, -0.1) is 0 Å². The molecule has 0 aliphatic rings. The van der Waals surface area contributed by atoms with Gasteiger partial charge in [0.25, 0.3) is 5.91 Å². The summed E-state index contributed by atoms with van der Waals surface area (Å²) in [7, 11) is 0. The number of nitrogens with one attached hydrogen (secondary N) is 1. The second-order valence-electron chi connectivity index (χ2n) is 5.83. The largest absolute Gasteiger partial charge is 0.392 e.